The van der Waals surface area contributed by atoms with E-state index in [2.05, 4.69) is 38.8 Å². The molecule has 29 heavy (non-hydrogen) atoms. The highest BCUT2D eigenvalue weighted by Gasteiger charge is 2.22. The van der Waals surface area contributed by atoms with Crippen molar-refractivity contribution in [3.8, 4) is 16.9 Å². The maximum Gasteiger partial charge on any atom is 0.224 e. The lowest BCUT2D eigenvalue weighted by Gasteiger charge is -2.29. The number of nitrogens with one attached hydrogen (secondary N) is 2. The summed E-state index contributed by atoms with van der Waals surface area (Å²) in [5.41, 5.74) is 9.41. The van der Waals surface area contributed by atoms with Crippen LogP contribution in [0.4, 0.5) is 17.5 Å². The van der Waals surface area contributed by atoms with Gasteiger partial charge < -0.3 is 21.1 Å². The van der Waals surface area contributed by atoms with Crippen LogP contribution in [0.1, 0.15) is 25.7 Å². The molecule has 1 saturated carbocycles. The van der Waals surface area contributed by atoms with E-state index in [-0.39, 0.29) is 12.1 Å². The van der Waals surface area contributed by atoms with Crippen molar-refractivity contribution in [1.82, 2.24) is 9.97 Å². The first-order valence-electron chi connectivity index (χ1n) is 10.1. The van der Waals surface area contributed by atoms with Crippen LogP contribution >= 0.6 is 0 Å². The molecule has 1 heterocycles. The Morgan fingerprint density at radius 3 is 2.62 bits per heavy atom. The van der Waals surface area contributed by atoms with Crippen LogP contribution in [-0.4, -0.2) is 29.2 Å². The fraction of sp³-hybridized carbons (Fsp3) is 0.304. The molecule has 0 spiro atoms. The zero-order valence-electron chi connectivity index (χ0n) is 16.6. The number of anilines is 3. The SMILES string of the molecule is COc1cccc(-c2cccc(Nc3ccnc(N[C@@H]4CCCC[C@@H]4N)n3)c2)c1. The molecule has 0 unspecified atom stereocenters. The summed E-state index contributed by atoms with van der Waals surface area (Å²) in [5, 5.41) is 6.78. The molecule has 1 aliphatic rings. The molecule has 3 aromatic rings. The largest absolute Gasteiger partial charge is 0.497 e. The standard InChI is InChI=1S/C23H27N5O/c1-29-19-9-5-7-17(15-19)16-6-4-8-18(14-16)26-22-12-13-25-23(28-22)27-21-11-3-2-10-20(21)24/h4-9,12-15,20-21H,2-3,10-11,24H2,1H3,(H2,25,26,27,28)/t20-,21+/m0/s1. The Morgan fingerprint density at radius 2 is 1.79 bits per heavy atom. The van der Waals surface area contributed by atoms with Crippen molar-refractivity contribution in [2.75, 3.05) is 17.7 Å². The third-order valence-corrected chi connectivity index (χ3v) is 5.33. The molecule has 0 amide bonds. The van der Waals surface area contributed by atoms with E-state index >= 15 is 0 Å². The summed E-state index contributed by atoms with van der Waals surface area (Å²) in [6.45, 7) is 0. The van der Waals surface area contributed by atoms with Gasteiger partial charge in [-0.2, -0.15) is 4.98 Å². The summed E-state index contributed by atoms with van der Waals surface area (Å²) in [7, 11) is 1.68. The van der Waals surface area contributed by atoms with Crippen molar-refractivity contribution >= 4 is 17.5 Å². The van der Waals surface area contributed by atoms with Gasteiger partial charge in [0, 0.05) is 24.0 Å². The molecule has 4 N–H and O–H groups in total. The minimum atomic E-state index is 0.156. The smallest absolute Gasteiger partial charge is 0.224 e. The molecule has 0 radical (unpaired) electrons. The van der Waals surface area contributed by atoms with E-state index in [1.54, 1.807) is 13.3 Å². The number of nitrogens with zero attached hydrogens (tertiary/aromatic N) is 2. The molecular formula is C23H27N5O. The van der Waals surface area contributed by atoms with E-state index in [9.17, 15) is 0 Å². The second-order valence-electron chi connectivity index (χ2n) is 7.40. The summed E-state index contributed by atoms with van der Waals surface area (Å²) in [6, 6.07) is 18.5. The Balaban J connectivity index is 1.49. The first-order chi connectivity index (χ1) is 14.2. The van der Waals surface area contributed by atoms with Crippen molar-refractivity contribution < 1.29 is 4.74 Å². The molecule has 1 fully saturated rings. The lowest BCUT2D eigenvalue weighted by Crippen LogP contribution is -2.42. The summed E-state index contributed by atoms with van der Waals surface area (Å²) < 4.78 is 5.34. The lowest BCUT2D eigenvalue weighted by atomic mass is 9.91. The first kappa shape index (κ1) is 19.2. The molecule has 0 saturated heterocycles. The number of ether oxygens (including phenoxy) is 1. The van der Waals surface area contributed by atoms with Crippen LogP contribution in [0.2, 0.25) is 0 Å². The normalized spacial score (nSPS) is 18.8. The van der Waals surface area contributed by atoms with Crippen molar-refractivity contribution in [2.24, 2.45) is 5.73 Å². The van der Waals surface area contributed by atoms with Gasteiger partial charge in [0.1, 0.15) is 11.6 Å². The number of aromatic nitrogens is 2. The zero-order valence-corrected chi connectivity index (χ0v) is 16.6. The molecule has 150 valence electrons. The molecule has 0 aliphatic heterocycles. The highest BCUT2D eigenvalue weighted by molar-refractivity contribution is 5.71. The Hall–Kier alpha value is -3.12. The van der Waals surface area contributed by atoms with Crippen LogP contribution in [0.5, 0.6) is 5.75 Å². The monoisotopic (exact) mass is 389 g/mol. The van der Waals surface area contributed by atoms with Gasteiger partial charge in [-0.1, -0.05) is 37.1 Å². The van der Waals surface area contributed by atoms with Crippen molar-refractivity contribution in [3.05, 3.63) is 60.8 Å². The average Bonchev–Trinajstić information content (AvgIpc) is 2.76. The molecule has 1 aliphatic carbocycles. The summed E-state index contributed by atoms with van der Waals surface area (Å²) in [6.07, 6.45) is 6.27. The number of methoxy groups -OCH3 is 1. The number of hydrogen-bond donors (Lipinski definition) is 3. The Bertz CT molecular complexity index is 961. The maximum atomic E-state index is 6.24. The third-order valence-electron chi connectivity index (χ3n) is 5.33. The van der Waals surface area contributed by atoms with Gasteiger partial charge in [-0.25, -0.2) is 4.98 Å². The zero-order chi connectivity index (χ0) is 20.1. The van der Waals surface area contributed by atoms with Gasteiger partial charge in [0.2, 0.25) is 5.95 Å². The molecule has 6 heteroatoms. The van der Waals surface area contributed by atoms with Crippen LogP contribution in [-0.2, 0) is 0 Å². The lowest BCUT2D eigenvalue weighted by molar-refractivity contribution is 0.402. The van der Waals surface area contributed by atoms with E-state index < -0.39 is 0 Å². The van der Waals surface area contributed by atoms with Gasteiger partial charge in [-0.3, -0.25) is 0 Å². The highest BCUT2D eigenvalue weighted by atomic mass is 16.5. The minimum absolute atomic E-state index is 0.156. The Kier molecular flexibility index (Phi) is 5.91. The van der Waals surface area contributed by atoms with Crippen LogP contribution in [0.3, 0.4) is 0 Å². The van der Waals surface area contributed by atoms with Crippen LogP contribution in [0, 0.1) is 0 Å². The first-order valence-corrected chi connectivity index (χ1v) is 10.1. The molecule has 2 aromatic carbocycles. The molecule has 1 aromatic heterocycles. The quantitative estimate of drug-likeness (QED) is 0.572. The maximum absolute atomic E-state index is 6.24. The predicted molar refractivity (Wildman–Crippen MR) is 118 cm³/mol. The fourth-order valence-corrected chi connectivity index (χ4v) is 3.73. The number of rotatable bonds is 6. The van der Waals surface area contributed by atoms with Gasteiger partial charge in [-0.15, -0.1) is 0 Å². The van der Waals surface area contributed by atoms with Crippen LogP contribution in [0.15, 0.2) is 60.8 Å². The van der Waals surface area contributed by atoms with Crippen LogP contribution in [0.25, 0.3) is 11.1 Å². The highest BCUT2D eigenvalue weighted by Crippen LogP contribution is 2.27. The Morgan fingerprint density at radius 1 is 1.00 bits per heavy atom. The molecule has 2 atom stereocenters. The third kappa shape index (κ3) is 4.84. The average molecular weight is 390 g/mol. The second-order valence-corrected chi connectivity index (χ2v) is 7.40. The Labute approximate surface area is 171 Å². The number of benzene rings is 2. The van der Waals surface area contributed by atoms with Gasteiger partial charge in [0.15, 0.2) is 0 Å². The summed E-state index contributed by atoms with van der Waals surface area (Å²) in [4.78, 5) is 8.98. The number of nitrogens with two attached hydrogens (primary N) is 1. The van der Waals surface area contributed by atoms with Crippen molar-refractivity contribution in [3.63, 3.8) is 0 Å². The molecule has 4 rings (SSSR count). The fourth-order valence-electron chi connectivity index (χ4n) is 3.73. The summed E-state index contributed by atoms with van der Waals surface area (Å²) in [5.74, 6) is 2.20. The molecule has 6 nitrogen and oxygen atoms in total. The molecule has 0 bridgehead atoms. The predicted octanol–water partition coefficient (Wildman–Crippen LogP) is 4.58. The van der Waals surface area contributed by atoms with Gasteiger partial charge >= 0.3 is 0 Å². The van der Waals surface area contributed by atoms with Gasteiger partial charge in [-0.05, 0) is 54.3 Å². The van der Waals surface area contributed by atoms with Crippen LogP contribution < -0.4 is 21.1 Å². The van der Waals surface area contributed by atoms with E-state index in [1.165, 1.54) is 12.8 Å². The number of hydrogen-bond acceptors (Lipinski definition) is 6. The van der Waals surface area contributed by atoms with Gasteiger partial charge in [0.25, 0.3) is 0 Å². The van der Waals surface area contributed by atoms with Gasteiger partial charge in [0.05, 0.1) is 7.11 Å². The van der Waals surface area contributed by atoms with E-state index in [4.69, 9.17) is 10.5 Å². The topological polar surface area (TPSA) is 85.1 Å². The van der Waals surface area contributed by atoms with Crippen molar-refractivity contribution in [2.45, 2.75) is 37.8 Å². The van der Waals surface area contributed by atoms with Crippen molar-refractivity contribution in [1.29, 1.82) is 0 Å². The van der Waals surface area contributed by atoms with E-state index in [0.717, 1.165) is 41.2 Å². The second kappa shape index (κ2) is 8.92. The van der Waals surface area contributed by atoms with E-state index in [0.29, 0.717) is 5.95 Å². The van der Waals surface area contributed by atoms with E-state index in [1.807, 2.05) is 36.4 Å². The minimum Gasteiger partial charge on any atom is -0.497 e. The molecular weight excluding hydrogens is 362 g/mol. The summed E-state index contributed by atoms with van der Waals surface area (Å²) >= 11 is 0.